The number of phenols is 1. The molecule has 0 fully saturated rings. The fourth-order valence-corrected chi connectivity index (χ4v) is 2.17. The van der Waals surface area contributed by atoms with Gasteiger partial charge in [-0.1, -0.05) is 32.8 Å². The van der Waals surface area contributed by atoms with E-state index in [9.17, 15) is 9.90 Å². The Kier molecular flexibility index (Phi) is 6.91. The number of unbranched alkanes of at least 4 members (excludes halogenated alkanes) is 2. The molecule has 0 aliphatic carbocycles. The molecule has 0 amide bonds. The summed E-state index contributed by atoms with van der Waals surface area (Å²) in [6.07, 6.45) is 4.20. The number of nitrogens with zero attached hydrogens (tertiary/aromatic N) is 1. The summed E-state index contributed by atoms with van der Waals surface area (Å²) < 4.78 is 4.81. The number of carbonyl (C=O) groups is 1. The number of anilines is 1. The van der Waals surface area contributed by atoms with Gasteiger partial charge in [-0.3, -0.25) is 0 Å². The lowest BCUT2D eigenvalue weighted by Gasteiger charge is -2.27. The van der Waals surface area contributed by atoms with Crippen molar-refractivity contribution < 1.29 is 14.6 Å². The van der Waals surface area contributed by atoms with E-state index in [1.54, 1.807) is 18.2 Å². The van der Waals surface area contributed by atoms with Crippen LogP contribution >= 0.6 is 0 Å². The second-order valence-corrected chi connectivity index (χ2v) is 4.86. The fourth-order valence-electron chi connectivity index (χ4n) is 2.17. The van der Waals surface area contributed by atoms with E-state index in [0.29, 0.717) is 11.3 Å². The van der Waals surface area contributed by atoms with Crippen LogP contribution in [-0.4, -0.2) is 31.3 Å². The maximum absolute atomic E-state index is 11.9. The predicted molar refractivity (Wildman–Crippen MR) is 81.5 cm³/mol. The largest absolute Gasteiger partial charge is 0.506 e. The summed E-state index contributed by atoms with van der Waals surface area (Å²) in [7, 11) is 1.36. The van der Waals surface area contributed by atoms with Gasteiger partial charge in [0.1, 0.15) is 5.75 Å². The van der Waals surface area contributed by atoms with Gasteiger partial charge in [-0.25, -0.2) is 4.79 Å². The highest BCUT2D eigenvalue weighted by atomic mass is 16.5. The number of ether oxygens (including phenoxy) is 1. The first-order chi connectivity index (χ1) is 9.65. The summed E-state index contributed by atoms with van der Waals surface area (Å²) in [5, 5.41) is 10.2. The summed E-state index contributed by atoms with van der Waals surface area (Å²) in [6, 6.07) is 4.99. The van der Waals surface area contributed by atoms with Crippen molar-refractivity contribution in [2.45, 2.75) is 39.5 Å². The summed E-state index contributed by atoms with van der Waals surface area (Å²) >= 11 is 0. The van der Waals surface area contributed by atoms with Gasteiger partial charge in [0.15, 0.2) is 0 Å². The van der Waals surface area contributed by atoms with Crippen molar-refractivity contribution in [3.05, 3.63) is 23.8 Å². The summed E-state index contributed by atoms with van der Waals surface area (Å²) in [5.74, 6) is -0.269. The molecule has 0 saturated carbocycles. The molecule has 1 aromatic rings. The molecule has 0 atom stereocenters. The van der Waals surface area contributed by atoms with Crippen LogP contribution in [0.1, 0.15) is 49.9 Å². The molecular formula is C16H25NO3. The Morgan fingerprint density at radius 2 is 1.80 bits per heavy atom. The molecule has 4 nitrogen and oxygen atoms in total. The number of para-hydroxylation sites is 1. The maximum atomic E-state index is 11.9. The first-order valence-corrected chi connectivity index (χ1v) is 7.30. The van der Waals surface area contributed by atoms with Crippen molar-refractivity contribution in [3.63, 3.8) is 0 Å². The number of methoxy groups -OCH3 is 1. The third-order valence-corrected chi connectivity index (χ3v) is 3.30. The van der Waals surface area contributed by atoms with Crippen molar-refractivity contribution >= 4 is 11.7 Å². The molecule has 1 aromatic carbocycles. The van der Waals surface area contributed by atoms with E-state index in [-0.39, 0.29) is 5.75 Å². The number of esters is 1. The van der Waals surface area contributed by atoms with Gasteiger partial charge < -0.3 is 14.7 Å². The quantitative estimate of drug-likeness (QED) is 0.739. The Morgan fingerprint density at radius 1 is 1.20 bits per heavy atom. The van der Waals surface area contributed by atoms with Crippen LogP contribution < -0.4 is 4.90 Å². The average molecular weight is 279 g/mol. The minimum Gasteiger partial charge on any atom is -0.506 e. The van der Waals surface area contributed by atoms with Crippen LogP contribution in [0.25, 0.3) is 0 Å². The van der Waals surface area contributed by atoms with E-state index in [0.717, 1.165) is 38.8 Å². The lowest BCUT2D eigenvalue weighted by molar-refractivity contribution is 0.0601. The van der Waals surface area contributed by atoms with E-state index < -0.39 is 5.97 Å². The Bertz CT molecular complexity index is 424. The minimum absolute atomic E-state index is 0.139. The van der Waals surface area contributed by atoms with Gasteiger partial charge >= 0.3 is 5.97 Å². The first kappa shape index (κ1) is 16.3. The van der Waals surface area contributed by atoms with Crippen LogP contribution in [-0.2, 0) is 4.74 Å². The van der Waals surface area contributed by atoms with Gasteiger partial charge in [0.25, 0.3) is 0 Å². The lowest BCUT2D eigenvalue weighted by Crippen LogP contribution is -2.27. The molecule has 0 saturated heterocycles. The molecule has 0 unspecified atom stereocenters. The van der Waals surface area contributed by atoms with Crippen molar-refractivity contribution in [2.24, 2.45) is 0 Å². The molecule has 0 bridgehead atoms. The standard InChI is InChI=1S/C16H25NO3/c1-4-6-11-17(12-7-5-2)15-13(16(19)20-3)9-8-10-14(15)18/h8-10,18H,4-7,11-12H2,1-3H3. The number of rotatable bonds is 8. The Balaban J connectivity index is 3.12. The highest BCUT2D eigenvalue weighted by Gasteiger charge is 2.20. The van der Waals surface area contributed by atoms with E-state index >= 15 is 0 Å². The zero-order valence-corrected chi connectivity index (χ0v) is 12.7. The van der Waals surface area contributed by atoms with Gasteiger partial charge in [-0.05, 0) is 25.0 Å². The monoisotopic (exact) mass is 279 g/mol. The molecule has 0 spiro atoms. The molecule has 20 heavy (non-hydrogen) atoms. The smallest absolute Gasteiger partial charge is 0.340 e. The minimum atomic E-state index is -0.408. The molecule has 1 N–H and O–H groups in total. The third kappa shape index (κ3) is 4.15. The fraction of sp³-hybridized carbons (Fsp3) is 0.562. The molecule has 0 heterocycles. The second-order valence-electron chi connectivity index (χ2n) is 4.86. The molecule has 0 radical (unpaired) electrons. The molecular weight excluding hydrogens is 254 g/mol. The normalized spacial score (nSPS) is 10.3. The Hall–Kier alpha value is -1.71. The van der Waals surface area contributed by atoms with Crippen LogP contribution in [0, 0.1) is 0 Å². The predicted octanol–water partition coefficient (Wildman–Crippen LogP) is 3.59. The van der Waals surface area contributed by atoms with E-state index in [1.807, 2.05) is 0 Å². The Morgan fingerprint density at radius 3 is 2.30 bits per heavy atom. The van der Waals surface area contributed by atoms with Crippen molar-refractivity contribution in [2.75, 3.05) is 25.1 Å². The lowest BCUT2D eigenvalue weighted by atomic mass is 10.1. The van der Waals surface area contributed by atoms with Gasteiger partial charge in [0.2, 0.25) is 0 Å². The molecule has 4 heteroatoms. The van der Waals surface area contributed by atoms with Gasteiger partial charge in [0.05, 0.1) is 18.4 Å². The number of hydrogen-bond donors (Lipinski definition) is 1. The summed E-state index contributed by atoms with van der Waals surface area (Å²) in [6.45, 7) is 5.92. The average Bonchev–Trinajstić information content (AvgIpc) is 2.47. The van der Waals surface area contributed by atoms with Gasteiger partial charge in [-0.2, -0.15) is 0 Å². The zero-order chi connectivity index (χ0) is 15.0. The van der Waals surface area contributed by atoms with Crippen molar-refractivity contribution in [1.29, 1.82) is 0 Å². The van der Waals surface area contributed by atoms with Gasteiger partial charge in [-0.15, -0.1) is 0 Å². The van der Waals surface area contributed by atoms with Gasteiger partial charge in [0, 0.05) is 13.1 Å². The molecule has 112 valence electrons. The molecule has 1 rings (SSSR count). The molecule has 0 aliphatic rings. The summed E-state index contributed by atoms with van der Waals surface area (Å²) in [5.41, 5.74) is 1.03. The topological polar surface area (TPSA) is 49.8 Å². The number of phenolic OH excluding ortho intramolecular Hbond substituents is 1. The molecule has 0 aliphatic heterocycles. The first-order valence-electron chi connectivity index (χ1n) is 7.30. The van der Waals surface area contributed by atoms with Crippen LogP contribution in [0.3, 0.4) is 0 Å². The van der Waals surface area contributed by atoms with Crippen molar-refractivity contribution in [3.8, 4) is 5.75 Å². The van der Waals surface area contributed by atoms with E-state index in [1.165, 1.54) is 7.11 Å². The highest BCUT2D eigenvalue weighted by molar-refractivity contribution is 5.97. The second kappa shape index (κ2) is 8.46. The zero-order valence-electron chi connectivity index (χ0n) is 12.7. The van der Waals surface area contributed by atoms with Crippen LogP contribution in [0.4, 0.5) is 5.69 Å². The molecule has 0 aromatic heterocycles. The number of benzene rings is 1. The van der Waals surface area contributed by atoms with Crippen molar-refractivity contribution in [1.82, 2.24) is 0 Å². The number of hydrogen-bond acceptors (Lipinski definition) is 4. The van der Waals surface area contributed by atoms with Crippen LogP contribution in [0.15, 0.2) is 18.2 Å². The van der Waals surface area contributed by atoms with Crippen LogP contribution in [0.2, 0.25) is 0 Å². The van der Waals surface area contributed by atoms with E-state index in [4.69, 9.17) is 4.74 Å². The van der Waals surface area contributed by atoms with Crippen LogP contribution in [0.5, 0.6) is 5.75 Å². The van der Waals surface area contributed by atoms with E-state index in [2.05, 4.69) is 18.7 Å². The number of carbonyl (C=O) groups excluding carboxylic acids is 1. The SMILES string of the molecule is CCCCN(CCCC)c1c(O)cccc1C(=O)OC. The highest BCUT2D eigenvalue weighted by Crippen LogP contribution is 2.32. The maximum Gasteiger partial charge on any atom is 0.340 e. The number of aromatic hydroxyl groups is 1. The Labute approximate surface area is 121 Å². The summed E-state index contributed by atoms with van der Waals surface area (Å²) in [4.78, 5) is 14.0. The third-order valence-electron chi connectivity index (χ3n) is 3.30.